The van der Waals surface area contributed by atoms with E-state index < -0.39 is 5.54 Å². The molecule has 0 radical (unpaired) electrons. The molecule has 0 saturated carbocycles. The van der Waals surface area contributed by atoms with E-state index in [1.54, 1.807) is 0 Å². The summed E-state index contributed by atoms with van der Waals surface area (Å²) in [5, 5.41) is 11.8. The molecule has 15 heavy (non-hydrogen) atoms. The summed E-state index contributed by atoms with van der Waals surface area (Å²) in [6.07, 6.45) is 7.26. The van der Waals surface area contributed by atoms with Crippen LogP contribution >= 0.6 is 0 Å². The van der Waals surface area contributed by atoms with Gasteiger partial charge in [0.25, 0.3) is 0 Å². The van der Waals surface area contributed by atoms with Gasteiger partial charge in [-0.15, -0.1) is 0 Å². The lowest BCUT2D eigenvalue weighted by molar-refractivity contribution is -0.122. The smallest absolute Gasteiger partial charge is 0.224 e. The van der Waals surface area contributed by atoms with Crippen molar-refractivity contribution >= 4 is 5.91 Å². The Hall–Kier alpha value is -0.830. The van der Waals surface area contributed by atoms with Gasteiger partial charge in [-0.05, 0) is 39.5 Å². The molecule has 1 rings (SSSR count). The summed E-state index contributed by atoms with van der Waals surface area (Å²) in [4.78, 5) is 11.6. The third-order valence-corrected chi connectivity index (χ3v) is 2.65. The maximum atomic E-state index is 11.6. The first-order valence-electron chi connectivity index (χ1n) is 5.63. The number of nitrogens with one attached hydrogen (secondary N) is 1. The van der Waals surface area contributed by atoms with E-state index in [1.807, 2.05) is 13.8 Å². The normalized spacial score (nSPS) is 17.1. The van der Waals surface area contributed by atoms with E-state index >= 15 is 0 Å². The lowest BCUT2D eigenvalue weighted by Crippen LogP contribution is -2.46. The lowest BCUT2D eigenvalue weighted by Gasteiger charge is -2.24. The van der Waals surface area contributed by atoms with E-state index in [4.69, 9.17) is 5.11 Å². The Kier molecular flexibility index (Phi) is 4.33. The fourth-order valence-corrected chi connectivity index (χ4v) is 1.73. The van der Waals surface area contributed by atoms with Crippen molar-refractivity contribution in [1.82, 2.24) is 5.32 Å². The van der Waals surface area contributed by atoms with Crippen molar-refractivity contribution in [3.8, 4) is 0 Å². The molecule has 2 N–H and O–H groups in total. The van der Waals surface area contributed by atoms with Crippen LogP contribution in [0.2, 0.25) is 0 Å². The molecular weight excluding hydrogens is 190 g/mol. The van der Waals surface area contributed by atoms with E-state index in [-0.39, 0.29) is 12.5 Å². The predicted octanol–water partition coefficient (Wildman–Crippen LogP) is 1.76. The molecule has 3 heteroatoms. The Morgan fingerprint density at radius 3 is 2.80 bits per heavy atom. The van der Waals surface area contributed by atoms with Crippen LogP contribution in [0.15, 0.2) is 11.6 Å². The topological polar surface area (TPSA) is 49.3 Å². The Bertz CT molecular complexity index is 256. The van der Waals surface area contributed by atoms with Crippen molar-refractivity contribution in [2.45, 2.75) is 51.5 Å². The average Bonchev–Trinajstić information content (AvgIpc) is 2.18. The summed E-state index contributed by atoms with van der Waals surface area (Å²) in [6.45, 7) is 3.61. The minimum absolute atomic E-state index is 0.0159. The van der Waals surface area contributed by atoms with Crippen LogP contribution < -0.4 is 5.32 Å². The molecule has 1 amide bonds. The van der Waals surface area contributed by atoms with Crippen molar-refractivity contribution in [3.63, 3.8) is 0 Å². The van der Waals surface area contributed by atoms with E-state index in [2.05, 4.69) is 11.4 Å². The zero-order chi connectivity index (χ0) is 11.3. The van der Waals surface area contributed by atoms with Gasteiger partial charge in [0.05, 0.1) is 12.1 Å². The zero-order valence-electron chi connectivity index (χ0n) is 9.68. The highest BCUT2D eigenvalue weighted by molar-refractivity contribution is 5.79. The monoisotopic (exact) mass is 211 g/mol. The zero-order valence-corrected chi connectivity index (χ0v) is 9.68. The molecular formula is C12H21NO2. The van der Waals surface area contributed by atoms with Crippen LogP contribution in [0.4, 0.5) is 0 Å². The summed E-state index contributed by atoms with van der Waals surface area (Å²) in [5.41, 5.74) is 0.735. The third-order valence-electron chi connectivity index (χ3n) is 2.65. The third kappa shape index (κ3) is 4.47. The number of hydrogen-bond acceptors (Lipinski definition) is 2. The van der Waals surface area contributed by atoms with Gasteiger partial charge in [0.1, 0.15) is 0 Å². The second kappa shape index (κ2) is 5.31. The number of amides is 1. The van der Waals surface area contributed by atoms with Gasteiger partial charge in [-0.3, -0.25) is 4.79 Å². The first-order chi connectivity index (χ1) is 7.03. The number of aliphatic hydroxyl groups is 1. The van der Waals surface area contributed by atoms with Gasteiger partial charge in [0.2, 0.25) is 5.91 Å². The predicted molar refractivity (Wildman–Crippen MR) is 60.5 cm³/mol. The van der Waals surface area contributed by atoms with Gasteiger partial charge in [-0.2, -0.15) is 0 Å². The Morgan fingerprint density at radius 2 is 2.27 bits per heavy atom. The van der Waals surface area contributed by atoms with Crippen molar-refractivity contribution in [2.24, 2.45) is 0 Å². The van der Waals surface area contributed by atoms with E-state index in [0.717, 1.165) is 12.8 Å². The number of rotatable bonds is 4. The molecule has 1 aliphatic rings. The molecule has 86 valence electrons. The van der Waals surface area contributed by atoms with Crippen molar-refractivity contribution in [3.05, 3.63) is 11.6 Å². The lowest BCUT2D eigenvalue weighted by atomic mass is 9.96. The van der Waals surface area contributed by atoms with Crippen LogP contribution in [0.25, 0.3) is 0 Å². The molecule has 0 bridgehead atoms. The first-order valence-corrected chi connectivity index (χ1v) is 5.63. The van der Waals surface area contributed by atoms with E-state index in [1.165, 1.54) is 18.4 Å². The highest BCUT2D eigenvalue weighted by Gasteiger charge is 2.19. The molecule has 0 atom stereocenters. The SMILES string of the molecule is CC(C)(CO)NC(=O)CC1=CCCCC1. The molecule has 0 unspecified atom stereocenters. The number of hydrogen-bond donors (Lipinski definition) is 2. The molecule has 1 aliphatic carbocycles. The highest BCUT2D eigenvalue weighted by Crippen LogP contribution is 2.20. The van der Waals surface area contributed by atoms with Crippen LogP contribution in [-0.2, 0) is 4.79 Å². The van der Waals surface area contributed by atoms with Crippen LogP contribution in [0.1, 0.15) is 46.0 Å². The van der Waals surface area contributed by atoms with Gasteiger partial charge in [0, 0.05) is 6.42 Å². The molecule has 0 aliphatic heterocycles. The summed E-state index contributed by atoms with van der Waals surface area (Å²) in [7, 11) is 0. The van der Waals surface area contributed by atoms with Crippen LogP contribution in [0.5, 0.6) is 0 Å². The first kappa shape index (κ1) is 12.2. The van der Waals surface area contributed by atoms with E-state index in [9.17, 15) is 4.79 Å². The largest absolute Gasteiger partial charge is 0.394 e. The molecule has 0 heterocycles. The van der Waals surface area contributed by atoms with Gasteiger partial charge in [-0.25, -0.2) is 0 Å². The highest BCUT2D eigenvalue weighted by atomic mass is 16.3. The van der Waals surface area contributed by atoms with Crippen LogP contribution in [0.3, 0.4) is 0 Å². The van der Waals surface area contributed by atoms with Gasteiger partial charge >= 0.3 is 0 Å². The number of allylic oxidation sites excluding steroid dienone is 1. The fourth-order valence-electron chi connectivity index (χ4n) is 1.73. The molecule has 0 spiro atoms. The van der Waals surface area contributed by atoms with Crippen molar-refractivity contribution < 1.29 is 9.90 Å². The minimum atomic E-state index is -0.508. The Labute approximate surface area is 91.6 Å². The fraction of sp³-hybridized carbons (Fsp3) is 0.750. The quantitative estimate of drug-likeness (QED) is 0.696. The summed E-state index contributed by atoms with van der Waals surface area (Å²) >= 11 is 0. The van der Waals surface area contributed by atoms with Crippen LogP contribution in [-0.4, -0.2) is 23.2 Å². The molecule has 0 aromatic heterocycles. The summed E-state index contributed by atoms with van der Waals surface area (Å²) in [6, 6.07) is 0. The molecule has 0 saturated heterocycles. The maximum Gasteiger partial charge on any atom is 0.224 e. The summed E-state index contributed by atoms with van der Waals surface area (Å²) in [5.74, 6) is 0.0159. The number of aliphatic hydroxyl groups excluding tert-OH is 1. The van der Waals surface area contributed by atoms with Gasteiger partial charge in [0.15, 0.2) is 0 Å². The Morgan fingerprint density at radius 1 is 1.53 bits per heavy atom. The van der Waals surface area contributed by atoms with Crippen LogP contribution in [0, 0.1) is 0 Å². The molecule has 3 nitrogen and oxygen atoms in total. The maximum absolute atomic E-state index is 11.6. The second-order valence-corrected chi connectivity index (χ2v) is 4.88. The number of carbonyl (C=O) groups excluding carboxylic acids is 1. The molecule has 0 aromatic rings. The minimum Gasteiger partial charge on any atom is -0.394 e. The van der Waals surface area contributed by atoms with Crippen molar-refractivity contribution in [2.75, 3.05) is 6.61 Å². The van der Waals surface area contributed by atoms with Gasteiger partial charge in [-0.1, -0.05) is 11.6 Å². The summed E-state index contributed by atoms with van der Waals surface area (Å²) < 4.78 is 0. The second-order valence-electron chi connectivity index (χ2n) is 4.88. The van der Waals surface area contributed by atoms with E-state index in [0.29, 0.717) is 6.42 Å². The average molecular weight is 211 g/mol. The molecule has 0 fully saturated rings. The Balaban J connectivity index is 2.38. The van der Waals surface area contributed by atoms with Crippen molar-refractivity contribution in [1.29, 1.82) is 0 Å². The molecule has 0 aromatic carbocycles. The van der Waals surface area contributed by atoms with Gasteiger partial charge < -0.3 is 10.4 Å². The standard InChI is InChI=1S/C12H21NO2/c1-12(2,9-14)13-11(15)8-10-6-4-3-5-7-10/h6,14H,3-5,7-9H2,1-2H3,(H,13,15). The number of carbonyl (C=O) groups is 1.